The number of carboxylic acids is 1. The molecule has 1 aromatic heterocycles. The molecule has 0 aliphatic rings. The summed E-state index contributed by atoms with van der Waals surface area (Å²) in [5.74, 6) is -1.95. The quantitative estimate of drug-likeness (QED) is 0.536. The van der Waals surface area contributed by atoms with Gasteiger partial charge in [-0.25, -0.2) is 4.79 Å². The summed E-state index contributed by atoms with van der Waals surface area (Å²) in [6.45, 7) is 0.411. The van der Waals surface area contributed by atoms with Gasteiger partial charge in [-0.3, -0.25) is 14.3 Å². The monoisotopic (exact) mass is 297 g/mol. The Morgan fingerprint density at radius 2 is 2.05 bits per heavy atom. The van der Waals surface area contributed by atoms with Crippen molar-refractivity contribution in [1.29, 1.82) is 0 Å². The SMILES string of the molecule is COC(=O)CCCCCNC(=O)c1cn(C)nc1C(=O)O. The summed E-state index contributed by atoms with van der Waals surface area (Å²) in [5.41, 5.74) is -0.222. The molecule has 0 aliphatic carbocycles. The fraction of sp³-hybridized carbons (Fsp3) is 0.538. The fourth-order valence-electron chi connectivity index (χ4n) is 1.78. The van der Waals surface area contributed by atoms with Crippen LogP contribution < -0.4 is 5.32 Å². The van der Waals surface area contributed by atoms with Gasteiger partial charge >= 0.3 is 11.9 Å². The number of unbranched alkanes of at least 4 members (excludes halogenated alkanes) is 2. The summed E-state index contributed by atoms with van der Waals surface area (Å²) in [4.78, 5) is 33.7. The normalized spacial score (nSPS) is 10.2. The molecule has 21 heavy (non-hydrogen) atoms. The lowest BCUT2D eigenvalue weighted by Crippen LogP contribution is -2.25. The number of amides is 1. The summed E-state index contributed by atoms with van der Waals surface area (Å²) in [7, 11) is 2.90. The minimum Gasteiger partial charge on any atom is -0.476 e. The van der Waals surface area contributed by atoms with Crippen molar-refractivity contribution in [2.45, 2.75) is 25.7 Å². The Bertz CT molecular complexity index is 524. The van der Waals surface area contributed by atoms with E-state index >= 15 is 0 Å². The van der Waals surface area contributed by atoms with E-state index in [-0.39, 0.29) is 17.2 Å². The van der Waals surface area contributed by atoms with Crippen molar-refractivity contribution in [3.8, 4) is 0 Å². The molecule has 8 nitrogen and oxygen atoms in total. The Balaban J connectivity index is 2.34. The average Bonchev–Trinajstić information content (AvgIpc) is 2.84. The lowest BCUT2D eigenvalue weighted by Gasteiger charge is -2.04. The maximum Gasteiger partial charge on any atom is 0.357 e. The number of aryl methyl sites for hydroxylation is 1. The van der Waals surface area contributed by atoms with E-state index < -0.39 is 11.9 Å². The van der Waals surface area contributed by atoms with E-state index in [2.05, 4.69) is 15.2 Å². The van der Waals surface area contributed by atoms with E-state index in [1.54, 1.807) is 7.05 Å². The van der Waals surface area contributed by atoms with Crippen molar-refractivity contribution in [2.75, 3.05) is 13.7 Å². The summed E-state index contributed by atoms with van der Waals surface area (Å²) in [6.07, 6.45) is 3.89. The first-order valence-electron chi connectivity index (χ1n) is 6.57. The molecule has 2 N–H and O–H groups in total. The van der Waals surface area contributed by atoms with Crippen LogP contribution in [0.1, 0.15) is 46.5 Å². The van der Waals surface area contributed by atoms with Gasteiger partial charge in [0, 0.05) is 26.2 Å². The van der Waals surface area contributed by atoms with Gasteiger partial charge in [0.15, 0.2) is 5.69 Å². The van der Waals surface area contributed by atoms with E-state index in [9.17, 15) is 14.4 Å². The van der Waals surface area contributed by atoms with Gasteiger partial charge in [0.25, 0.3) is 5.91 Å². The zero-order valence-electron chi connectivity index (χ0n) is 12.1. The molecular formula is C13H19N3O5. The van der Waals surface area contributed by atoms with Gasteiger partial charge in [-0.15, -0.1) is 0 Å². The highest BCUT2D eigenvalue weighted by atomic mass is 16.5. The number of carbonyl (C=O) groups is 3. The van der Waals surface area contributed by atoms with Gasteiger partial charge in [-0.05, 0) is 12.8 Å². The van der Waals surface area contributed by atoms with Gasteiger partial charge < -0.3 is 15.2 Å². The van der Waals surface area contributed by atoms with Crippen LogP contribution in [0.4, 0.5) is 0 Å². The molecule has 0 unspecified atom stereocenters. The third kappa shape index (κ3) is 5.25. The number of rotatable bonds is 8. The number of ether oxygens (including phenoxy) is 1. The van der Waals surface area contributed by atoms with Gasteiger partial charge in [0.2, 0.25) is 0 Å². The molecule has 0 bridgehead atoms. The van der Waals surface area contributed by atoms with E-state index in [0.717, 1.165) is 6.42 Å². The van der Waals surface area contributed by atoms with E-state index in [4.69, 9.17) is 5.11 Å². The summed E-state index contributed by atoms with van der Waals surface area (Å²) in [6, 6.07) is 0. The first-order chi connectivity index (χ1) is 9.95. The molecule has 8 heteroatoms. The highest BCUT2D eigenvalue weighted by Gasteiger charge is 2.20. The topological polar surface area (TPSA) is 111 Å². The number of esters is 1. The molecule has 1 amide bonds. The molecule has 1 rings (SSSR count). The molecule has 1 heterocycles. The summed E-state index contributed by atoms with van der Waals surface area (Å²) >= 11 is 0. The van der Waals surface area contributed by atoms with Crippen LogP contribution in [0.5, 0.6) is 0 Å². The largest absolute Gasteiger partial charge is 0.476 e. The van der Waals surface area contributed by atoms with Crippen LogP contribution >= 0.6 is 0 Å². The predicted octanol–water partition coefficient (Wildman–Crippen LogP) is 0.581. The molecule has 0 atom stereocenters. The second kappa shape index (κ2) is 8.03. The van der Waals surface area contributed by atoms with Crippen LogP contribution in [0, 0.1) is 0 Å². The maximum atomic E-state index is 11.9. The molecule has 116 valence electrons. The molecule has 0 saturated carbocycles. The zero-order valence-corrected chi connectivity index (χ0v) is 12.1. The summed E-state index contributed by atoms with van der Waals surface area (Å²) in [5, 5.41) is 15.3. The van der Waals surface area contributed by atoms with Gasteiger partial charge in [-0.2, -0.15) is 5.10 Å². The van der Waals surface area contributed by atoms with Crippen LogP contribution in [0.25, 0.3) is 0 Å². The van der Waals surface area contributed by atoms with Crippen LogP contribution in [0.15, 0.2) is 6.20 Å². The number of nitrogens with zero attached hydrogens (tertiary/aromatic N) is 2. The smallest absolute Gasteiger partial charge is 0.357 e. The number of carbonyl (C=O) groups excluding carboxylic acids is 2. The van der Waals surface area contributed by atoms with Crippen molar-refractivity contribution in [3.63, 3.8) is 0 Å². The first-order valence-corrected chi connectivity index (χ1v) is 6.57. The van der Waals surface area contributed by atoms with Crippen LogP contribution in [0.2, 0.25) is 0 Å². The molecule has 0 fully saturated rings. The number of hydrogen-bond donors (Lipinski definition) is 2. The van der Waals surface area contributed by atoms with Gasteiger partial charge in [0.05, 0.1) is 12.7 Å². The molecule has 1 aromatic rings. The number of carboxylic acid groups (broad SMARTS) is 1. The van der Waals surface area contributed by atoms with Crippen LogP contribution in [-0.2, 0) is 16.6 Å². The molecule has 0 saturated heterocycles. The van der Waals surface area contributed by atoms with Crippen LogP contribution in [-0.4, -0.2) is 46.4 Å². The Morgan fingerprint density at radius 3 is 2.67 bits per heavy atom. The van der Waals surface area contributed by atoms with Crippen molar-refractivity contribution in [2.24, 2.45) is 7.05 Å². The van der Waals surface area contributed by atoms with E-state index in [0.29, 0.717) is 25.8 Å². The average molecular weight is 297 g/mol. The third-order valence-electron chi connectivity index (χ3n) is 2.85. The lowest BCUT2D eigenvalue weighted by molar-refractivity contribution is -0.140. The summed E-state index contributed by atoms with van der Waals surface area (Å²) < 4.78 is 5.80. The zero-order chi connectivity index (χ0) is 15.8. The number of aromatic nitrogens is 2. The first kappa shape index (κ1) is 16.7. The molecular weight excluding hydrogens is 278 g/mol. The Morgan fingerprint density at radius 1 is 1.33 bits per heavy atom. The minimum atomic E-state index is -1.24. The second-order valence-electron chi connectivity index (χ2n) is 4.51. The van der Waals surface area contributed by atoms with Crippen molar-refractivity contribution in [1.82, 2.24) is 15.1 Å². The van der Waals surface area contributed by atoms with Crippen molar-refractivity contribution in [3.05, 3.63) is 17.5 Å². The Labute approximate surface area is 122 Å². The van der Waals surface area contributed by atoms with E-state index in [1.165, 1.54) is 18.0 Å². The number of methoxy groups -OCH3 is 1. The maximum absolute atomic E-state index is 11.9. The van der Waals surface area contributed by atoms with Gasteiger partial charge in [0.1, 0.15) is 0 Å². The fourth-order valence-corrected chi connectivity index (χ4v) is 1.78. The number of nitrogens with one attached hydrogen (secondary N) is 1. The van der Waals surface area contributed by atoms with Crippen molar-refractivity contribution < 1.29 is 24.2 Å². The molecule has 0 spiro atoms. The van der Waals surface area contributed by atoms with Crippen LogP contribution in [0.3, 0.4) is 0 Å². The number of hydrogen-bond acceptors (Lipinski definition) is 5. The molecule has 0 aromatic carbocycles. The third-order valence-corrected chi connectivity index (χ3v) is 2.85. The Hall–Kier alpha value is -2.38. The van der Waals surface area contributed by atoms with E-state index in [1.807, 2.05) is 0 Å². The van der Waals surface area contributed by atoms with Gasteiger partial charge in [-0.1, -0.05) is 6.42 Å². The standard InChI is InChI=1S/C13H19N3O5/c1-16-8-9(11(15-16)13(19)20)12(18)14-7-5-3-4-6-10(17)21-2/h8H,3-7H2,1-2H3,(H,14,18)(H,19,20). The number of aromatic carboxylic acids is 1. The predicted molar refractivity (Wildman–Crippen MR) is 73.0 cm³/mol. The van der Waals surface area contributed by atoms with Crippen molar-refractivity contribution >= 4 is 17.8 Å². The second-order valence-corrected chi connectivity index (χ2v) is 4.51. The highest BCUT2D eigenvalue weighted by molar-refractivity contribution is 6.03. The minimum absolute atomic E-state index is 0.0413. The molecule has 0 radical (unpaired) electrons. The Kier molecular flexibility index (Phi) is 6.38. The highest BCUT2D eigenvalue weighted by Crippen LogP contribution is 2.06. The lowest BCUT2D eigenvalue weighted by atomic mass is 10.2. The molecule has 0 aliphatic heterocycles.